The van der Waals surface area contributed by atoms with Gasteiger partial charge < -0.3 is 10.6 Å². The van der Waals surface area contributed by atoms with Crippen molar-refractivity contribution in [3.05, 3.63) is 36.9 Å². The van der Waals surface area contributed by atoms with Gasteiger partial charge in [-0.05, 0) is 22.0 Å². The molecular formula is C13H15BrF3IN4S2. The van der Waals surface area contributed by atoms with Crippen molar-refractivity contribution in [3.63, 3.8) is 0 Å². The molecule has 0 spiro atoms. The molecule has 0 atom stereocenters. The SMILES string of the molecule is CN=C(NCCc1nc(C(F)(F)F)cs1)NCc1cc(Br)cs1.I. The van der Waals surface area contributed by atoms with Crippen LogP contribution in [0, 0.1) is 0 Å². The highest BCUT2D eigenvalue weighted by atomic mass is 127. The third-order valence-electron chi connectivity index (χ3n) is 2.75. The van der Waals surface area contributed by atoms with Crippen molar-refractivity contribution >= 4 is 68.5 Å². The zero-order valence-corrected chi connectivity index (χ0v) is 18.0. The molecule has 11 heteroatoms. The van der Waals surface area contributed by atoms with Crippen LogP contribution in [0.25, 0.3) is 0 Å². The second-order valence-electron chi connectivity index (χ2n) is 4.46. The summed E-state index contributed by atoms with van der Waals surface area (Å²) < 4.78 is 38.4. The molecule has 134 valence electrons. The van der Waals surface area contributed by atoms with Gasteiger partial charge in [0, 0.05) is 40.1 Å². The Morgan fingerprint density at radius 3 is 2.58 bits per heavy atom. The van der Waals surface area contributed by atoms with Gasteiger partial charge in [-0.2, -0.15) is 13.2 Å². The minimum atomic E-state index is -4.38. The number of guanidine groups is 1. The van der Waals surface area contributed by atoms with Gasteiger partial charge in [-0.25, -0.2) is 4.98 Å². The van der Waals surface area contributed by atoms with Crippen LogP contribution in [0.4, 0.5) is 13.2 Å². The van der Waals surface area contributed by atoms with Crippen LogP contribution in [0.2, 0.25) is 0 Å². The van der Waals surface area contributed by atoms with E-state index in [0.29, 0.717) is 30.5 Å². The number of aliphatic imine (C=N–C) groups is 1. The summed E-state index contributed by atoms with van der Waals surface area (Å²) in [5.41, 5.74) is -0.830. The van der Waals surface area contributed by atoms with Gasteiger partial charge in [-0.1, -0.05) is 0 Å². The van der Waals surface area contributed by atoms with E-state index >= 15 is 0 Å². The topological polar surface area (TPSA) is 49.3 Å². The lowest BCUT2D eigenvalue weighted by atomic mass is 10.4. The molecular weight excluding hydrogens is 540 g/mol. The molecule has 0 radical (unpaired) electrons. The maximum absolute atomic E-state index is 12.5. The van der Waals surface area contributed by atoms with E-state index in [0.717, 1.165) is 26.1 Å². The Kier molecular flexibility index (Phi) is 8.95. The Bertz CT molecular complexity index is 672. The normalized spacial score (nSPS) is 12.0. The monoisotopic (exact) mass is 554 g/mol. The quantitative estimate of drug-likeness (QED) is 0.325. The van der Waals surface area contributed by atoms with Crippen molar-refractivity contribution in [1.29, 1.82) is 0 Å². The first-order valence-electron chi connectivity index (χ1n) is 6.57. The number of nitrogens with zero attached hydrogens (tertiary/aromatic N) is 2. The van der Waals surface area contributed by atoms with Gasteiger partial charge >= 0.3 is 6.18 Å². The predicted octanol–water partition coefficient (Wildman–Crippen LogP) is 4.51. The lowest BCUT2D eigenvalue weighted by Gasteiger charge is -2.10. The Hall–Kier alpha value is -0.400. The zero-order valence-electron chi connectivity index (χ0n) is 12.5. The second kappa shape index (κ2) is 9.92. The Balaban J connectivity index is 0.00000288. The number of thiazole rings is 1. The minimum absolute atomic E-state index is 0. The molecule has 0 saturated heterocycles. The van der Waals surface area contributed by atoms with E-state index in [1.807, 2.05) is 11.4 Å². The van der Waals surface area contributed by atoms with Crippen molar-refractivity contribution in [2.24, 2.45) is 4.99 Å². The lowest BCUT2D eigenvalue weighted by molar-refractivity contribution is -0.140. The first-order chi connectivity index (χ1) is 10.9. The number of nitrogens with one attached hydrogen (secondary N) is 2. The first-order valence-corrected chi connectivity index (χ1v) is 9.12. The minimum Gasteiger partial charge on any atom is -0.356 e. The number of rotatable bonds is 5. The Labute approximate surface area is 171 Å². The smallest absolute Gasteiger partial charge is 0.356 e. The van der Waals surface area contributed by atoms with Gasteiger partial charge in [-0.3, -0.25) is 4.99 Å². The van der Waals surface area contributed by atoms with E-state index in [9.17, 15) is 13.2 Å². The number of aromatic nitrogens is 1. The predicted molar refractivity (Wildman–Crippen MR) is 106 cm³/mol. The zero-order chi connectivity index (χ0) is 16.9. The van der Waals surface area contributed by atoms with E-state index < -0.39 is 11.9 Å². The number of alkyl halides is 3. The van der Waals surface area contributed by atoms with Crippen LogP contribution in [-0.2, 0) is 19.1 Å². The maximum atomic E-state index is 12.5. The highest BCUT2D eigenvalue weighted by Gasteiger charge is 2.33. The number of hydrogen-bond acceptors (Lipinski definition) is 4. The third-order valence-corrected chi connectivity index (χ3v) is 5.36. The highest BCUT2D eigenvalue weighted by molar-refractivity contribution is 14.0. The summed E-state index contributed by atoms with van der Waals surface area (Å²) in [6.07, 6.45) is -3.97. The molecule has 4 nitrogen and oxygen atoms in total. The molecule has 0 saturated carbocycles. The fourth-order valence-electron chi connectivity index (χ4n) is 1.68. The molecule has 2 rings (SSSR count). The van der Waals surface area contributed by atoms with Gasteiger partial charge in [0.2, 0.25) is 0 Å². The average Bonchev–Trinajstić information content (AvgIpc) is 3.11. The molecule has 0 unspecified atom stereocenters. The summed E-state index contributed by atoms with van der Waals surface area (Å²) in [5.74, 6) is 0.599. The first kappa shape index (κ1) is 21.6. The summed E-state index contributed by atoms with van der Waals surface area (Å²) >= 11 is 6.03. The van der Waals surface area contributed by atoms with Crippen molar-refractivity contribution in [3.8, 4) is 0 Å². The highest BCUT2D eigenvalue weighted by Crippen LogP contribution is 2.30. The molecule has 2 aromatic rings. The van der Waals surface area contributed by atoms with E-state index in [2.05, 4.69) is 36.5 Å². The lowest BCUT2D eigenvalue weighted by Crippen LogP contribution is -2.37. The van der Waals surface area contributed by atoms with E-state index in [1.54, 1.807) is 18.4 Å². The van der Waals surface area contributed by atoms with E-state index in [1.165, 1.54) is 0 Å². The van der Waals surface area contributed by atoms with Gasteiger partial charge in [0.05, 0.1) is 11.6 Å². The molecule has 0 bridgehead atoms. The van der Waals surface area contributed by atoms with Gasteiger partial charge in [-0.15, -0.1) is 46.7 Å². The Morgan fingerprint density at radius 1 is 1.29 bits per heavy atom. The van der Waals surface area contributed by atoms with Crippen LogP contribution in [0.3, 0.4) is 0 Å². The van der Waals surface area contributed by atoms with Crippen molar-refractivity contribution in [2.75, 3.05) is 13.6 Å². The number of hydrogen-bond donors (Lipinski definition) is 2. The van der Waals surface area contributed by atoms with E-state index in [4.69, 9.17) is 0 Å². The molecule has 24 heavy (non-hydrogen) atoms. The van der Waals surface area contributed by atoms with Crippen LogP contribution in [-0.4, -0.2) is 24.5 Å². The number of thiophene rings is 1. The summed E-state index contributed by atoms with van der Waals surface area (Å²) in [4.78, 5) is 8.81. The molecule has 0 aromatic carbocycles. The molecule has 0 aliphatic rings. The van der Waals surface area contributed by atoms with Crippen molar-refractivity contribution < 1.29 is 13.2 Å². The second-order valence-corrected chi connectivity index (χ2v) is 7.31. The molecule has 2 heterocycles. The maximum Gasteiger partial charge on any atom is 0.434 e. The molecule has 2 N–H and O–H groups in total. The Morgan fingerprint density at radius 2 is 2.04 bits per heavy atom. The van der Waals surface area contributed by atoms with Gasteiger partial charge in [0.15, 0.2) is 11.7 Å². The van der Waals surface area contributed by atoms with Crippen LogP contribution in [0.1, 0.15) is 15.6 Å². The van der Waals surface area contributed by atoms with Crippen LogP contribution >= 0.6 is 62.6 Å². The summed E-state index contributed by atoms with van der Waals surface area (Å²) in [6.45, 7) is 1.09. The third kappa shape index (κ3) is 6.84. The van der Waals surface area contributed by atoms with Crippen LogP contribution in [0.15, 0.2) is 26.3 Å². The van der Waals surface area contributed by atoms with E-state index in [-0.39, 0.29) is 24.0 Å². The van der Waals surface area contributed by atoms with Crippen molar-refractivity contribution in [1.82, 2.24) is 15.6 Å². The fourth-order valence-corrected chi connectivity index (χ4v) is 3.88. The summed E-state index contributed by atoms with van der Waals surface area (Å²) in [7, 11) is 1.64. The average molecular weight is 555 g/mol. The summed E-state index contributed by atoms with van der Waals surface area (Å²) in [5, 5.41) is 9.69. The van der Waals surface area contributed by atoms with Crippen LogP contribution < -0.4 is 10.6 Å². The standard InChI is InChI=1S/C13H14BrF3N4S2.HI/c1-18-12(20-5-9-4-8(14)6-22-9)19-3-2-11-21-10(7-23-11)13(15,16)17;/h4,6-7H,2-3,5H2,1H3,(H2,18,19,20);1H. The largest absolute Gasteiger partial charge is 0.434 e. The molecule has 0 aliphatic heterocycles. The van der Waals surface area contributed by atoms with Crippen molar-refractivity contribution in [2.45, 2.75) is 19.1 Å². The van der Waals surface area contributed by atoms with Crippen LogP contribution in [0.5, 0.6) is 0 Å². The van der Waals surface area contributed by atoms with Gasteiger partial charge in [0.1, 0.15) is 0 Å². The molecule has 0 fully saturated rings. The fraction of sp³-hybridized carbons (Fsp3) is 0.385. The molecule has 0 aliphatic carbocycles. The summed E-state index contributed by atoms with van der Waals surface area (Å²) in [6, 6.07) is 2.01. The number of halogens is 5. The molecule has 2 aromatic heterocycles. The van der Waals surface area contributed by atoms with Gasteiger partial charge in [0.25, 0.3) is 0 Å². The molecule has 0 amide bonds.